The van der Waals surface area contributed by atoms with Gasteiger partial charge < -0.3 is 14.9 Å². The predicted octanol–water partition coefficient (Wildman–Crippen LogP) is 2.30. The van der Waals surface area contributed by atoms with Crippen LogP contribution >= 0.6 is 0 Å². The van der Waals surface area contributed by atoms with Crippen molar-refractivity contribution in [3.63, 3.8) is 0 Å². The molecule has 0 aliphatic carbocycles. The summed E-state index contributed by atoms with van der Waals surface area (Å²) in [5, 5.41) is 10.3. The highest BCUT2D eigenvalue weighted by Gasteiger charge is 2.25. The van der Waals surface area contributed by atoms with Gasteiger partial charge in [0, 0.05) is 19.6 Å². The number of likely N-dealkylation sites (tertiary alicyclic amines) is 1. The highest BCUT2D eigenvalue weighted by molar-refractivity contribution is 5.23. The number of aliphatic hydroxyl groups is 1. The molecule has 112 valence electrons. The van der Waals surface area contributed by atoms with Gasteiger partial charge in [0.2, 0.25) is 0 Å². The average molecular weight is 276 g/mol. The normalized spacial score (nSPS) is 21.6. The van der Waals surface area contributed by atoms with E-state index in [9.17, 15) is 5.11 Å². The molecule has 1 N–H and O–H groups in total. The molecule has 1 fully saturated rings. The summed E-state index contributed by atoms with van der Waals surface area (Å²) in [5.74, 6) is 0.755. The van der Waals surface area contributed by atoms with Crippen LogP contribution in [0.1, 0.15) is 30.6 Å². The first-order valence-electron chi connectivity index (χ1n) is 7.74. The van der Waals surface area contributed by atoms with Gasteiger partial charge in [-0.25, -0.2) is 0 Å². The van der Waals surface area contributed by atoms with Crippen molar-refractivity contribution in [2.24, 2.45) is 5.92 Å². The fourth-order valence-electron chi connectivity index (χ4n) is 2.94. The van der Waals surface area contributed by atoms with E-state index in [2.05, 4.69) is 42.8 Å². The maximum atomic E-state index is 10.3. The molecule has 2 unspecified atom stereocenters. The van der Waals surface area contributed by atoms with E-state index in [0.29, 0.717) is 0 Å². The molecule has 20 heavy (non-hydrogen) atoms. The molecule has 0 saturated carbocycles. The van der Waals surface area contributed by atoms with Crippen LogP contribution in [0.25, 0.3) is 0 Å². The van der Waals surface area contributed by atoms with Crippen molar-refractivity contribution in [1.29, 1.82) is 0 Å². The Morgan fingerprint density at radius 2 is 2.05 bits per heavy atom. The Kier molecular flexibility index (Phi) is 5.58. The summed E-state index contributed by atoms with van der Waals surface area (Å²) in [6, 6.07) is 8.22. The third kappa shape index (κ3) is 4.30. The minimum Gasteiger partial charge on any atom is -0.387 e. The number of benzene rings is 1. The number of β-amino-alcohol motifs (C(OH)–C–C–N with tert-alkyl or cyclic N) is 1. The van der Waals surface area contributed by atoms with E-state index >= 15 is 0 Å². The van der Waals surface area contributed by atoms with Gasteiger partial charge in [0.1, 0.15) is 0 Å². The van der Waals surface area contributed by atoms with Crippen LogP contribution in [0.3, 0.4) is 0 Å². The molecule has 2 rings (SSSR count). The second-order valence-corrected chi connectivity index (χ2v) is 6.20. The second kappa shape index (κ2) is 7.21. The lowest BCUT2D eigenvalue weighted by atomic mass is 10.1. The molecular weight excluding hydrogens is 248 g/mol. The number of rotatable bonds is 6. The highest BCUT2D eigenvalue weighted by Crippen LogP contribution is 2.21. The third-order valence-corrected chi connectivity index (χ3v) is 4.37. The largest absolute Gasteiger partial charge is 0.387 e. The van der Waals surface area contributed by atoms with Crippen molar-refractivity contribution >= 4 is 0 Å². The summed E-state index contributed by atoms with van der Waals surface area (Å²) < 4.78 is 0. The highest BCUT2D eigenvalue weighted by atomic mass is 16.3. The quantitative estimate of drug-likeness (QED) is 0.863. The van der Waals surface area contributed by atoms with Gasteiger partial charge in [0.25, 0.3) is 0 Å². The van der Waals surface area contributed by atoms with Gasteiger partial charge in [-0.15, -0.1) is 0 Å². The molecule has 0 bridgehead atoms. The van der Waals surface area contributed by atoms with Crippen LogP contribution in [0, 0.1) is 12.8 Å². The third-order valence-electron chi connectivity index (χ3n) is 4.37. The molecule has 0 amide bonds. The van der Waals surface area contributed by atoms with Gasteiger partial charge in [0.05, 0.1) is 6.10 Å². The van der Waals surface area contributed by atoms with Gasteiger partial charge in [-0.1, -0.05) is 36.8 Å². The molecule has 3 heteroatoms. The van der Waals surface area contributed by atoms with Gasteiger partial charge in [-0.2, -0.15) is 0 Å². The Morgan fingerprint density at radius 1 is 1.35 bits per heavy atom. The number of aryl methyl sites for hydroxylation is 1. The van der Waals surface area contributed by atoms with Crippen molar-refractivity contribution in [2.75, 3.05) is 39.8 Å². The second-order valence-electron chi connectivity index (χ2n) is 6.20. The molecule has 0 spiro atoms. The average Bonchev–Trinajstić information content (AvgIpc) is 2.86. The van der Waals surface area contributed by atoms with Crippen molar-refractivity contribution in [3.05, 3.63) is 35.4 Å². The molecule has 1 aliphatic heterocycles. The SMILES string of the molecule is CCN(C)CC1CCN(CC(O)c2ccc(C)cc2)C1. The fourth-order valence-corrected chi connectivity index (χ4v) is 2.94. The summed E-state index contributed by atoms with van der Waals surface area (Å²) in [7, 11) is 2.18. The van der Waals surface area contributed by atoms with E-state index in [-0.39, 0.29) is 6.10 Å². The summed E-state index contributed by atoms with van der Waals surface area (Å²) in [5.41, 5.74) is 2.27. The van der Waals surface area contributed by atoms with Crippen molar-refractivity contribution < 1.29 is 5.11 Å². The molecule has 1 aliphatic rings. The van der Waals surface area contributed by atoms with E-state index in [1.807, 2.05) is 12.1 Å². The first-order valence-corrected chi connectivity index (χ1v) is 7.74. The van der Waals surface area contributed by atoms with Crippen LogP contribution in [0.2, 0.25) is 0 Å². The maximum absolute atomic E-state index is 10.3. The Balaban J connectivity index is 1.81. The number of hydrogen-bond donors (Lipinski definition) is 1. The van der Waals surface area contributed by atoms with Crippen LogP contribution in [0.4, 0.5) is 0 Å². The van der Waals surface area contributed by atoms with E-state index in [1.54, 1.807) is 0 Å². The summed E-state index contributed by atoms with van der Waals surface area (Å²) in [4.78, 5) is 4.78. The molecular formula is C17H28N2O. The van der Waals surface area contributed by atoms with Crippen molar-refractivity contribution in [2.45, 2.75) is 26.4 Å². The minimum atomic E-state index is -0.363. The lowest BCUT2D eigenvalue weighted by molar-refractivity contribution is 0.123. The Hall–Kier alpha value is -0.900. The first kappa shape index (κ1) is 15.5. The molecule has 1 aromatic rings. The zero-order chi connectivity index (χ0) is 14.5. The Morgan fingerprint density at radius 3 is 2.70 bits per heavy atom. The summed E-state index contributed by atoms with van der Waals surface area (Å²) >= 11 is 0. The maximum Gasteiger partial charge on any atom is 0.0916 e. The van der Waals surface area contributed by atoms with Crippen LogP contribution in [0.5, 0.6) is 0 Å². The fraction of sp³-hybridized carbons (Fsp3) is 0.647. The molecule has 0 aromatic heterocycles. The van der Waals surface area contributed by atoms with Gasteiger partial charge in [0.15, 0.2) is 0 Å². The van der Waals surface area contributed by atoms with E-state index in [0.717, 1.165) is 37.7 Å². The van der Waals surface area contributed by atoms with Crippen LogP contribution < -0.4 is 0 Å². The molecule has 1 heterocycles. The van der Waals surface area contributed by atoms with E-state index in [1.165, 1.54) is 18.5 Å². The van der Waals surface area contributed by atoms with Crippen molar-refractivity contribution in [1.82, 2.24) is 9.80 Å². The standard InChI is InChI=1S/C17H28N2O/c1-4-18(3)11-15-9-10-19(12-15)13-17(20)16-7-5-14(2)6-8-16/h5-8,15,17,20H,4,9-13H2,1-3H3. The summed E-state index contributed by atoms with van der Waals surface area (Å²) in [6.07, 6.45) is 0.892. The smallest absolute Gasteiger partial charge is 0.0916 e. The molecule has 1 aromatic carbocycles. The van der Waals surface area contributed by atoms with Gasteiger partial charge in [-0.3, -0.25) is 0 Å². The van der Waals surface area contributed by atoms with Gasteiger partial charge in [-0.05, 0) is 45.0 Å². The van der Waals surface area contributed by atoms with Gasteiger partial charge >= 0.3 is 0 Å². The number of aliphatic hydroxyl groups excluding tert-OH is 1. The molecule has 3 nitrogen and oxygen atoms in total. The van der Waals surface area contributed by atoms with Crippen LogP contribution in [-0.4, -0.2) is 54.7 Å². The lowest BCUT2D eigenvalue weighted by Crippen LogP contribution is -2.30. The lowest BCUT2D eigenvalue weighted by Gasteiger charge is -2.22. The summed E-state index contributed by atoms with van der Waals surface area (Å²) in [6.45, 7) is 9.56. The minimum absolute atomic E-state index is 0.363. The van der Waals surface area contributed by atoms with Crippen LogP contribution in [-0.2, 0) is 0 Å². The predicted molar refractivity (Wildman–Crippen MR) is 83.9 cm³/mol. The molecule has 0 radical (unpaired) electrons. The molecule has 1 saturated heterocycles. The van der Waals surface area contributed by atoms with E-state index < -0.39 is 0 Å². The van der Waals surface area contributed by atoms with E-state index in [4.69, 9.17) is 0 Å². The van der Waals surface area contributed by atoms with Crippen LogP contribution in [0.15, 0.2) is 24.3 Å². The number of nitrogens with zero attached hydrogens (tertiary/aromatic N) is 2. The van der Waals surface area contributed by atoms with Crippen molar-refractivity contribution in [3.8, 4) is 0 Å². The first-order chi connectivity index (χ1) is 9.58. The molecule has 2 atom stereocenters. The zero-order valence-electron chi connectivity index (χ0n) is 13.0. The monoisotopic (exact) mass is 276 g/mol. The topological polar surface area (TPSA) is 26.7 Å². The zero-order valence-corrected chi connectivity index (χ0v) is 13.0. The Bertz CT molecular complexity index is 404. The number of hydrogen-bond acceptors (Lipinski definition) is 3. The Labute approximate surface area is 123 Å².